The summed E-state index contributed by atoms with van der Waals surface area (Å²) in [6.45, 7) is 5.06. The van der Waals surface area contributed by atoms with Crippen LogP contribution in [0.15, 0.2) is 5.18 Å². The third kappa shape index (κ3) is 1.33. The molecule has 1 aliphatic rings. The first kappa shape index (κ1) is 7.63. The summed E-state index contributed by atoms with van der Waals surface area (Å²) in [4.78, 5) is 10.2. The maximum atomic E-state index is 10.2. The van der Waals surface area contributed by atoms with Gasteiger partial charge in [0.1, 0.15) is 5.60 Å². The fourth-order valence-corrected chi connectivity index (χ4v) is 0.999. The van der Waals surface area contributed by atoms with E-state index in [0.717, 1.165) is 0 Å². The van der Waals surface area contributed by atoms with E-state index in [1.807, 2.05) is 13.8 Å². The first-order valence-electron chi connectivity index (χ1n) is 3.36. The molecule has 1 unspecified atom stereocenters. The van der Waals surface area contributed by atoms with Gasteiger partial charge in [0.25, 0.3) is 0 Å². The molecule has 0 saturated carbocycles. The van der Waals surface area contributed by atoms with Gasteiger partial charge in [-0.25, -0.2) is 0 Å². The van der Waals surface area contributed by atoms with E-state index in [9.17, 15) is 4.91 Å². The number of rotatable bonds is 1. The molecule has 4 nitrogen and oxygen atoms in total. The number of hydrogen-bond acceptors (Lipinski definition) is 4. The monoisotopic (exact) mass is 144 g/mol. The lowest BCUT2D eigenvalue weighted by molar-refractivity contribution is -0.0689. The predicted octanol–water partition coefficient (Wildman–Crippen LogP) is 0.477. The average molecular weight is 144 g/mol. The first-order chi connectivity index (χ1) is 4.67. The molecule has 1 saturated heterocycles. The lowest BCUT2D eigenvalue weighted by Gasteiger charge is -2.34. The van der Waals surface area contributed by atoms with Crippen molar-refractivity contribution in [2.24, 2.45) is 5.18 Å². The number of morpholine rings is 1. The van der Waals surface area contributed by atoms with Crippen molar-refractivity contribution in [3.63, 3.8) is 0 Å². The van der Waals surface area contributed by atoms with E-state index in [2.05, 4.69) is 10.5 Å². The SMILES string of the molecule is CC1(C)OCCNC1N=O. The van der Waals surface area contributed by atoms with Gasteiger partial charge in [0.2, 0.25) is 0 Å². The molecule has 1 N–H and O–H groups in total. The van der Waals surface area contributed by atoms with Crippen molar-refractivity contribution in [2.45, 2.75) is 25.6 Å². The Labute approximate surface area is 59.9 Å². The second-order valence-electron chi connectivity index (χ2n) is 2.91. The van der Waals surface area contributed by atoms with Gasteiger partial charge >= 0.3 is 0 Å². The zero-order chi connectivity index (χ0) is 7.61. The van der Waals surface area contributed by atoms with Crippen LogP contribution in [0, 0.1) is 4.91 Å². The van der Waals surface area contributed by atoms with Gasteiger partial charge in [0, 0.05) is 6.54 Å². The van der Waals surface area contributed by atoms with Crippen molar-refractivity contribution >= 4 is 0 Å². The minimum atomic E-state index is -0.444. The summed E-state index contributed by atoms with van der Waals surface area (Å²) < 4.78 is 5.31. The molecule has 0 aliphatic carbocycles. The molecular weight excluding hydrogens is 132 g/mol. The Hall–Kier alpha value is -0.480. The van der Waals surface area contributed by atoms with Crippen molar-refractivity contribution < 1.29 is 4.74 Å². The van der Waals surface area contributed by atoms with Crippen LogP contribution in [0.5, 0.6) is 0 Å². The van der Waals surface area contributed by atoms with Gasteiger partial charge < -0.3 is 4.74 Å². The number of nitrogens with one attached hydrogen (secondary N) is 1. The maximum Gasteiger partial charge on any atom is 0.171 e. The summed E-state index contributed by atoms with van der Waals surface area (Å²) in [6.07, 6.45) is -0.402. The Bertz CT molecular complexity index is 136. The molecule has 1 rings (SSSR count). The van der Waals surface area contributed by atoms with Crippen LogP contribution < -0.4 is 5.32 Å². The predicted molar refractivity (Wildman–Crippen MR) is 37.6 cm³/mol. The zero-order valence-corrected chi connectivity index (χ0v) is 6.26. The third-order valence-electron chi connectivity index (χ3n) is 1.68. The van der Waals surface area contributed by atoms with Crippen molar-refractivity contribution in [1.82, 2.24) is 5.32 Å². The summed E-state index contributed by atoms with van der Waals surface area (Å²) in [6, 6.07) is 0. The van der Waals surface area contributed by atoms with E-state index >= 15 is 0 Å². The van der Waals surface area contributed by atoms with E-state index in [1.54, 1.807) is 0 Å². The summed E-state index contributed by atoms with van der Waals surface area (Å²) >= 11 is 0. The van der Waals surface area contributed by atoms with Crippen LogP contribution in [-0.2, 0) is 4.74 Å². The molecule has 10 heavy (non-hydrogen) atoms. The number of ether oxygens (including phenoxy) is 1. The normalized spacial score (nSPS) is 31.6. The lowest BCUT2D eigenvalue weighted by Crippen LogP contribution is -2.53. The molecule has 4 heteroatoms. The van der Waals surface area contributed by atoms with Gasteiger partial charge in [-0.05, 0) is 19.0 Å². The summed E-state index contributed by atoms with van der Waals surface area (Å²) in [5, 5.41) is 5.87. The van der Waals surface area contributed by atoms with Crippen molar-refractivity contribution in [1.29, 1.82) is 0 Å². The van der Waals surface area contributed by atoms with Gasteiger partial charge in [-0.15, -0.1) is 4.91 Å². The average Bonchev–Trinajstić information content (AvgIpc) is 1.87. The van der Waals surface area contributed by atoms with Crippen molar-refractivity contribution in [3.05, 3.63) is 4.91 Å². The fourth-order valence-electron chi connectivity index (χ4n) is 0.999. The molecule has 0 radical (unpaired) electrons. The number of nitrogens with zero attached hydrogens (tertiary/aromatic N) is 1. The summed E-state index contributed by atoms with van der Waals surface area (Å²) in [7, 11) is 0. The van der Waals surface area contributed by atoms with E-state index < -0.39 is 11.8 Å². The standard InChI is InChI=1S/C6H12N2O2/c1-6(2)5(8-9)7-3-4-10-6/h5,7H,3-4H2,1-2H3. The molecule has 1 fully saturated rings. The molecular formula is C6H12N2O2. The Morgan fingerprint density at radius 2 is 2.40 bits per heavy atom. The molecule has 1 heterocycles. The second kappa shape index (κ2) is 2.64. The van der Waals surface area contributed by atoms with Crippen molar-refractivity contribution in [2.75, 3.05) is 13.2 Å². The van der Waals surface area contributed by atoms with Gasteiger partial charge in [-0.1, -0.05) is 0 Å². The van der Waals surface area contributed by atoms with Gasteiger partial charge in [-0.2, -0.15) is 0 Å². The number of hydrogen-bond donors (Lipinski definition) is 1. The van der Waals surface area contributed by atoms with Gasteiger partial charge in [0.15, 0.2) is 6.17 Å². The van der Waals surface area contributed by atoms with E-state index in [4.69, 9.17) is 4.74 Å². The first-order valence-corrected chi connectivity index (χ1v) is 3.36. The molecule has 1 atom stereocenters. The molecule has 0 amide bonds. The van der Waals surface area contributed by atoms with Crippen LogP contribution >= 0.6 is 0 Å². The number of nitroso groups, excluding NO2 is 1. The molecule has 0 aromatic rings. The highest BCUT2D eigenvalue weighted by Crippen LogP contribution is 2.18. The van der Waals surface area contributed by atoms with Crippen LogP contribution in [0.3, 0.4) is 0 Å². The Morgan fingerprint density at radius 1 is 1.70 bits per heavy atom. The Balaban J connectivity index is 2.59. The van der Waals surface area contributed by atoms with E-state index in [-0.39, 0.29) is 0 Å². The molecule has 0 aromatic carbocycles. The van der Waals surface area contributed by atoms with Crippen LogP contribution in [0.25, 0.3) is 0 Å². The fraction of sp³-hybridized carbons (Fsp3) is 1.00. The van der Waals surface area contributed by atoms with Crippen molar-refractivity contribution in [3.8, 4) is 0 Å². The van der Waals surface area contributed by atoms with Crippen LogP contribution in [-0.4, -0.2) is 24.9 Å². The highest BCUT2D eigenvalue weighted by molar-refractivity contribution is 4.86. The minimum Gasteiger partial charge on any atom is -0.370 e. The Morgan fingerprint density at radius 3 is 2.80 bits per heavy atom. The van der Waals surface area contributed by atoms with Gasteiger partial charge in [-0.3, -0.25) is 5.32 Å². The second-order valence-corrected chi connectivity index (χ2v) is 2.91. The topological polar surface area (TPSA) is 50.7 Å². The lowest BCUT2D eigenvalue weighted by atomic mass is 10.1. The smallest absolute Gasteiger partial charge is 0.171 e. The van der Waals surface area contributed by atoms with Crippen LogP contribution in [0.4, 0.5) is 0 Å². The zero-order valence-electron chi connectivity index (χ0n) is 6.26. The van der Waals surface area contributed by atoms with Crippen LogP contribution in [0.1, 0.15) is 13.8 Å². The van der Waals surface area contributed by atoms with Gasteiger partial charge in [0.05, 0.1) is 6.61 Å². The van der Waals surface area contributed by atoms with Crippen LogP contribution in [0.2, 0.25) is 0 Å². The summed E-state index contributed by atoms with van der Waals surface area (Å²) in [5.41, 5.74) is -0.444. The largest absolute Gasteiger partial charge is 0.370 e. The Kier molecular flexibility index (Phi) is 2.01. The molecule has 0 spiro atoms. The minimum absolute atomic E-state index is 0.402. The highest BCUT2D eigenvalue weighted by atomic mass is 16.5. The molecule has 0 bridgehead atoms. The van der Waals surface area contributed by atoms with E-state index in [1.165, 1.54) is 0 Å². The quantitative estimate of drug-likeness (QED) is 0.544. The highest BCUT2D eigenvalue weighted by Gasteiger charge is 2.34. The third-order valence-corrected chi connectivity index (χ3v) is 1.68. The molecule has 58 valence electrons. The maximum absolute atomic E-state index is 10.2. The van der Waals surface area contributed by atoms with E-state index in [0.29, 0.717) is 13.2 Å². The molecule has 1 aliphatic heterocycles. The molecule has 0 aromatic heterocycles. The summed E-state index contributed by atoms with van der Waals surface area (Å²) in [5.74, 6) is 0.